The van der Waals surface area contributed by atoms with Gasteiger partial charge >= 0.3 is 5.76 Å². The molecule has 0 unspecified atom stereocenters. The van der Waals surface area contributed by atoms with E-state index >= 15 is 0 Å². The number of H-pyrrole nitrogens is 1. The maximum absolute atomic E-state index is 11.1. The van der Waals surface area contributed by atoms with E-state index in [1.807, 2.05) is 18.2 Å². The minimum atomic E-state index is -0.386. The molecule has 0 spiro atoms. The molecule has 1 aliphatic heterocycles. The predicted octanol–water partition coefficient (Wildman–Crippen LogP) is 2.09. The third-order valence-corrected chi connectivity index (χ3v) is 3.35. The Hall–Kier alpha value is -1.55. The molecule has 1 aromatic carbocycles. The molecule has 0 saturated carbocycles. The Morgan fingerprint density at radius 3 is 2.94 bits per heavy atom. The second kappa shape index (κ2) is 4.37. The molecule has 4 nitrogen and oxygen atoms in total. The van der Waals surface area contributed by atoms with Gasteiger partial charge in [0.1, 0.15) is 0 Å². The first-order valence-electron chi connectivity index (χ1n) is 6.01. The number of rotatable bonds is 2. The predicted molar refractivity (Wildman–Crippen MR) is 64.1 cm³/mol. The molecule has 0 amide bonds. The zero-order chi connectivity index (χ0) is 11.7. The lowest BCUT2D eigenvalue weighted by Crippen LogP contribution is -2.17. The second-order valence-corrected chi connectivity index (χ2v) is 4.60. The molecule has 0 bridgehead atoms. The summed E-state index contributed by atoms with van der Waals surface area (Å²) in [6.07, 6.45) is 3.30. The highest BCUT2D eigenvalue weighted by molar-refractivity contribution is 5.72. The van der Waals surface area contributed by atoms with Gasteiger partial charge in [-0.25, -0.2) is 4.79 Å². The van der Waals surface area contributed by atoms with Crippen LogP contribution in [-0.2, 0) is 11.2 Å². The molecule has 1 saturated heterocycles. The summed E-state index contributed by atoms with van der Waals surface area (Å²) in [7, 11) is 0. The Kier molecular flexibility index (Phi) is 2.73. The average Bonchev–Trinajstić information content (AvgIpc) is 2.70. The van der Waals surface area contributed by atoms with Crippen LogP contribution in [0.1, 0.15) is 18.4 Å². The number of oxazole rings is 1. The summed E-state index contributed by atoms with van der Waals surface area (Å²) < 4.78 is 10.3. The third kappa shape index (κ3) is 2.26. The molecule has 1 aromatic heterocycles. The zero-order valence-electron chi connectivity index (χ0n) is 9.57. The van der Waals surface area contributed by atoms with E-state index < -0.39 is 0 Å². The summed E-state index contributed by atoms with van der Waals surface area (Å²) >= 11 is 0. The van der Waals surface area contributed by atoms with Crippen LogP contribution in [0.4, 0.5) is 0 Å². The van der Waals surface area contributed by atoms with Gasteiger partial charge in [0.05, 0.1) is 5.52 Å². The Balaban J connectivity index is 1.82. The third-order valence-electron chi connectivity index (χ3n) is 3.35. The lowest BCUT2D eigenvalue weighted by Gasteiger charge is -2.21. The molecule has 0 atom stereocenters. The summed E-state index contributed by atoms with van der Waals surface area (Å²) in [4.78, 5) is 13.7. The Labute approximate surface area is 98.6 Å². The number of ether oxygens (including phenoxy) is 1. The van der Waals surface area contributed by atoms with Crippen molar-refractivity contribution in [3.05, 3.63) is 34.3 Å². The number of aromatic amines is 1. The highest BCUT2D eigenvalue weighted by atomic mass is 16.5. The molecular formula is C13H15NO3. The van der Waals surface area contributed by atoms with Crippen LogP contribution >= 0.6 is 0 Å². The van der Waals surface area contributed by atoms with Crippen LogP contribution in [0.2, 0.25) is 0 Å². The topological polar surface area (TPSA) is 55.2 Å². The van der Waals surface area contributed by atoms with Gasteiger partial charge in [0, 0.05) is 13.2 Å². The SMILES string of the molecule is O=c1[nH]c2cc(CC3CCOCC3)ccc2o1. The second-order valence-electron chi connectivity index (χ2n) is 4.60. The highest BCUT2D eigenvalue weighted by Gasteiger charge is 2.14. The smallest absolute Gasteiger partial charge is 0.408 e. The van der Waals surface area contributed by atoms with Gasteiger partial charge in [-0.05, 0) is 42.9 Å². The molecule has 2 aromatic rings. The number of hydrogen-bond donors (Lipinski definition) is 1. The molecule has 3 rings (SSSR count). The maximum atomic E-state index is 11.1. The standard InChI is InChI=1S/C13H15NO3/c15-13-14-11-8-10(1-2-12(11)17-13)7-9-3-5-16-6-4-9/h1-2,8-9H,3-7H2,(H,14,15). The van der Waals surface area contributed by atoms with Gasteiger partial charge in [0.25, 0.3) is 0 Å². The summed E-state index contributed by atoms with van der Waals surface area (Å²) in [6.45, 7) is 1.74. The average molecular weight is 233 g/mol. The van der Waals surface area contributed by atoms with E-state index in [2.05, 4.69) is 4.98 Å². The van der Waals surface area contributed by atoms with Crippen LogP contribution in [0.15, 0.2) is 27.4 Å². The molecule has 1 aliphatic rings. The van der Waals surface area contributed by atoms with Crippen LogP contribution in [-0.4, -0.2) is 18.2 Å². The van der Waals surface area contributed by atoms with Crippen LogP contribution in [0, 0.1) is 5.92 Å². The van der Waals surface area contributed by atoms with Gasteiger partial charge in [0.15, 0.2) is 5.58 Å². The normalized spacial score (nSPS) is 17.6. The Morgan fingerprint density at radius 1 is 1.29 bits per heavy atom. The maximum Gasteiger partial charge on any atom is 0.417 e. The number of hydrogen-bond acceptors (Lipinski definition) is 3. The van der Waals surface area contributed by atoms with Crippen LogP contribution in [0.3, 0.4) is 0 Å². The minimum absolute atomic E-state index is 0.386. The molecule has 4 heteroatoms. The lowest BCUT2D eigenvalue weighted by atomic mass is 9.92. The zero-order valence-corrected chi connectivity index (χ0v) is 9.57. The first kappa shape index (κ1) is 10.6. The molecule has 90 valence electrons. The molecule has 1 N–H and O–H groups in total. The van der Waals surface area contributed by atoms with Crippen molar-refractivity contribution >= 4 is 11.1 Å². The molecule has 17 heavy (non-hydrogen) atoms. The van der Waals surface area contributed by atoms with Crippen LogP contribution < -0.4 is 5.76 Å². The fraction of sp³-hybridized carbons (Fsp3) is 0.462. The van der Waals surface area contributed by atoms with Crippen molar-refractivity contribution in [1.82, 2.24) is 4.98 Å². The summed E-state index contributed by atoms with van der Waals surface area (Å²) in [5, 5.41) is 0. The van der Waals surface area contributed by atoms with E-state index in [4.69, 9.17) is 9.15 Å². The van der Waals surface area contributed by atoms with Gasteiger partial charge in [0.2, 0.25) is 0 Å². The van der Waals surface area contributed by atoms with Gasteiger partial charge < -0.3 is 9.15 Å². The molecule has 0 aliphatic carbocycles. The number of benzene rings is 1. The fourth-order valence-electron chi connectivity index (χ4n) is 2.41. The van der Waals surface area contributed by atoms with Gasteiger partial charge in [-0.3, -0.25) is 4.98 Å². The van der Waals surface area contributed by atoms with Crippen molar-refractivity contribution in [2.45, 2.75) is 19.3 Å². The molecule has 2 heterocycles. The van der Waals surface area contributed by atoms with Gasteiger partial charge in [-0.15, -0.1) is 0 Å². The summed E-state index contributed by atoms with van der Waals surface area (Å²) in [5.41, 5.74) is 2.67. The molecular weight excluding hydrogens is 218 g/mol. The minimum Gasteiger partial charge on any atom is -0.408 e. The monoisotopic (exact) mass is 233 g/mol. The first-order chi connectivity index (χ1) is 8.31. The van der Waals surface area contributed by atoms with Crippen molar-refractivity contribution in [2.75, 3.05) is 13.2 Å². The fourth-order valence-corrected chi connectivity index (χ4v) is 2.41. The number of aromatic nitrogens is 1. The van der Waals surface area contributed by atoms with Crippen LogP contribution in [0.25, 0.3) is 11.1 Å². The first-order valence-corrected chi connectivity index (χ1v) is 6.01. The van der Waals surface area contributed by atoms with Crippen molar-refractivity contribution in [1.29, 1.82) is 0 Å². The van der Waals surface area contributed by atoms with Crippen molar-refractivity contribution in [3.63, 3.8) is 0 Å². The Morgan fingerprint density at radius 2 is 2.12 bits per heavy atom. The van der Waals surface area contributed by atoms with E-state index in [1.54, 1.807) is 0 Å². The quantitative estimate of drug-likeness (QED) is 0.864. The van der Waals surface area contributed by atoms with Crippen molar-refractivity contribution < 1.29 is 9.15 Å². The van der Waals surface area contributed by atoms with E-state index in [1.165, 1.54) is 5.56 Å². The largest absolute Gasteiger partial charge is 0.417 e. The van der Waals surface area contributed by atoms with E-state index in [0.29, 0.717) is 11.5 Å². The lowest BCUT2D eigenvalue weighted by molar-refractivity contribution is 0.0665. The van der Waals surface area contributed by atoms with E-state index in [0.717, 1.165) is 38.0 Å². The van der Waals surface area contributed by atoms with E-state index in [-0.39, 0.29) is 5.76 Å². The van der Waals surface area contributed by atoms with Crippen molar-refractivity contribution in [3.8, 4) is 0 Å². The molecule has 1 fully saturated rings. The van der Waals surface area contributed by atoms with Crippen LogP contribution in [0.5, 0.6) is 0 Å². The van der Waals surface area contributed by atoms with E-state index in [9.17, 15) is 4.79 Å². The molecule has 0 radical (unpaired) electrons. The summed E-state index contributed by atoms with van der Waals surface area (Å²) in [5.74, 6) is 0.308. The Bertz CT molecular complexity index is 563. The summed E-state index contributed by atoms with van der Waals surface area (Å²) in [6, 6.07) is 5.91. The highest BCUT2D eigenvalue weighted by Crippen LogP contribution is 2.21. The van der Waals surface area contributed by atoms with Gasteiger partial charge in [-0.1, -0.05) is 6.07 Å². The van der Waals surface area contributed by atoms with Crippen molar-refractivity contribution in [2.24, 2.45) is 5.92 Å². The number of fused-ring (bicyclic) bond motifs is 1. The number of nitrogens with one attached hydrogen (secondary N) is 1. The van der Waals surface area contributed by atoms with Gasteiger partial charge in [-0.2, -0.15) is 0 Å².